The summed E-state index contributed by atoms with van der Waals surface area (Å²) >= 11 is 26.6. The van der Waals surface area contributed by atoms with Crippen molar-refractivity contribution in [2.45, 2.75) is 0 Å². The Morgan fingerprint density at radius 2 is 1.73 bits per heavy atom. The molecule has 0 radical (unpaired) electrons. The normalized spacial score (nSPS) is 13.5. The summed E-state index contributed by atoms with van der Waals surface area (Å²) in [6.07, 6.45) is 0. The highest BCUT2D eigenvalue weighted by atomic mass is 36.0. The Hall–Kier alpha value is 0.910. The lowest BCUT2D eigenvalue weighted by atomic mass is 10.7. The fourth-order valence-electron chi connectivity index (χ4n) is 0.190. The Morgan fingerprint density at radius 3 is 2.00 bits per heavy atom. The summed E-state index contributed by atoms with van der Waals surface area (Å²) in [5, 5.41) is 4.71. The lowest BCUT2D eigenvalue weighted by Gasteiger charge is -1.95. The van der Waals surface area contributed by atoms with Gasteiger partial charge in [-0.1, -0.05) is 23.2 Å². The highest BCUT2D eigenvalue weighted by Gasteiger charge is 2.08. The zero-order valence-corrected chi connectivity index (χ0v) is 9.41. The van der Waals surface area contributed by atoms with Gasteiger partial charge < -0.3 is 0 Å². The highest BCUT2D eigenvalue weighted by Crippen LogP contribution is 2.66. The SMILES string of the molecule is N#C/C(Cl)=C(/Cl)N=P(Cl)(Cl)Cl. The fraction of sp³-hybridized carbons (Fsp3) is 0. The molecule has 0 amide bonds. The van der Waals surface area contributed by atoms with Crippen LogP contribution in [0.15, 0.2) is 14.9 Å². The first-order valence-corrected chi connectivity index (χ1v) is 7.24. The largest absolute Gasteiger partial charge is 0.230 e. The van der Waals surface area contributed by atoms with Gasteiger partial charge in [0.15, 0.2) is 10.2 Å². The lowest BCUT2D eigenvalue weighted by molar-refractivity contribution is 1.48. The molecule has 62 valence electrons. The Morgan fingerprint density at radius 1 is 1.27 bits per heavy atom. The maximum atomic E-state index is 8.20. The van der Waals surface area contributed by atoms with E-state index in [1.165, 1.54) is 0 Å². The van der Waals surface area contributed by atoms with Gasteiger partial charge >= 0.3 is 0 Å². The minimum absolute atomic E-state index is 0.275. The maximum Gasteiger partial charge on any atom is 0.230 e. The van der Waals surface area contributed by atoms with E-state index in [9.17, 15) is 0 Å². The summed E-state index contributed by atoms with van der Waals surface area (Å²) in [6.45, 7) is 0. The van der Waals surface area contributed by atoms with Crippen LogP contribution in [0.2, 0.25) is 0 Å². The molecule has 0 aromatic heterocycles. The van der Waals surface area contributed by atoms with Crippen LogP contribution in [0.1, 0.15) is 0 Å². The number of allylic oxidation sites excluding steroid dienone is 1. The van der Waals surface area contributed by atoms with Gasteiger partial charge in [0.05, 0.1) is 0 Å². The van der Waals surface area contributed by atoms with Crippen molar-refractivity contribution in [1.82, 2.24) is 0 Å². The smallest absolute Gasteiger partial charge is 0.208 e. The van der Waals surface area contributed by atoms with E-state index in [1.807, 2.05) is 0 Å². The Balaban J connectivity index is 4.85. The molecule has 11 heavy (non-hydrogen) atoms. The summed E-state index contributed by atoms with van der Waals surface area (Å²) < 4.78 is 3.38. The third kappa shape index (κ3) is 6.11. The third-order valence-electron chi connectivity index (χ3n) is 0.480. The zero-order chi connectivity index (χ0) is 9.07. The zero-order valence-electron chi connectivity index (χ0n) is 4.73. The summed E-state index contributed by atoms with van der Waals surface area (Å²) in [4.78, 5) is 0. The number of nitrogens with zero attached hydrogens (tertiary/aromatic N) is 2. The van der Waals surface area contributed by atoms with Crippen LogP contribution in [0, 0.1) is 11.3 Å². The van der Waals surface area contributed by atoms with E-state index in [2.05, 4.69) is 4.74 Å². The van der Waals surface area contributed by atoms with Crippen molar-refractivity contribution in [3.05, 3.63) is 10.2 Å². The van der Waals surface area contributed by atoms with Gasteiger partial charge in [-0.3, -0.25) is 0 Å². The van der Waals surface area contributed by atoms with Gasteiger partial charge in [-0.2, -0.15) is 5.26 Å². The molecule has 0 saturated heterocycles. The molecule has 0 bridgehead atoms. The molecule has 0 saturated carbocycles. The van der Waals surface area contributed by atoms with Crippen molar-refractivity contribution < 1.29 is 0 Å². The highest BCUT2D eigenvalue weighted by molar-refractivity contribution is 8.26. The molecule has 0 heterocycles. The fourth-order valence-corrected chi connectivity index (χ4v) is 2.00. The molecule has 0 N–H and O–H groups in total. The van der Waals surface area contributed by atoms with Crippen molar-refractivity contribution in [3.63, 3.8) is 0 Å². The predicted molar refractivity (Wildman–Crippen MR) is 51.3 cm³/mol. The van der Waals surface area contributed by atoms with E-state index in [-0.39, 0.29) is 10.2 Å². The van der Waals surface area contributed by atoms with E-state index < -0.39 is 5.11 Å². The Bertz CT molecular complexity index is 262. The topological polar surface area (TPSA) is 36.1 Å². The van der Waals surface area contributed by atoms with Crippen LogP contribution in [-0.4, -0.2) is 0 Å². The van der Waals surface area contributed by atoms with Crippen LogP contribution < -0.4 is 0 Å². The van der Waals surface area contributed by atoms with Crippen molar-refractivity contribution in [2.75, 3.05) is 0 Å². The first-order valence-electron chi connectivity index (χ1n) is 2.03. The molecular weight excluding hydrogens is 272 g/mol. The molecule has 8 heteroatoms. The maximum absolute atomic E-state index is 8.20. The third-order valence-corrected chi connectivity index (χ3v) is 2.34. The van der Waals surface area contributed by atoms with Crippen LogP contribution in [0.3, 0.4) is 0 Å². The quantitative estimate of drug-likeness (QED) is 0.383. The van der Waals surface area contributed by atoms with Gasteiger partial charge in [0, 0.05) is 0 Å². The van der Waals surface area contributed by atoms with Gasteiger partial charge in [-0.05, 0) is 33.7 Å². The molecule has 0 unspecified atom stereocenters. The second kappa shape index (κ2) is 4.82. The van der Waals surface area contributed by atoms with Gasteiger partial charge in [0.25, 0.3) is 0 Å². The molecular formula is C3Cl5N2P. The van der Waals surface area contributed by atoms with Crippen LogP contribution >= 0.6 is 62.0 Å². The number of hydrogen-bond donors (Lipinski definition) is 0. The van der Waals surface area contributed by atoms with E-state index in [0.717, 1.165) is 0 Å². The molecule has 0 aliphatic carbocycles. The molecule has 0 fully saturated rings. The van der Waals surface area contributed by atoms with Crippen LogP contribution in [0.25, 0.3) is 0 Å². The number of halogens is 5. The predicted octanol–water partition coefficient (Wildman–Crippen LogP) is 4.82. The summed E-state index contributed by atoms with van der Waals surface area (Å²) in [6, 6.07) is 1.55. The second-order valence-corrected chi connectivity index (χ2v) is 8.97. The van der Waals surface area contributed by atoms with Crippen LogP contribution in [0.4, 0.5) is 0 Å². The minimum atomic E-state index is -2.92. The molecule has 0 aliphatic rings. The van der Waals surface area contributed by atoms with Gasteiger partial charge in [-0.25, -0.2) is 4.74 Å². The van der Waals surface area contributed by atoms with E-state index >= 15 is 0 Å². The van der Waals surface area contributed by atoms with Crippen molar-refractivity contribution >= 4 is 62.0 Å². The number of nitriles is 1. The van der Waals surface area contributed by atoms with E-state index in [4.69, 9.17) is 62.2 Å². The monoisotopic (exact) mass is 270 g/mol. The molecule has 0 atom stereocenters. The first kappa shape index (κ1) is 11.9. The average molecular weight is 272 g/mol. The van der Waals surface area contributed by atoms with E-state index in [0.29, 0.717) is 0 Å². The second-order valence-electron chi connectivity index (χ2n) is 1.24. The standard InChI is InChI=1S/C3Cl5N2P/c4-2(1-9)3(5)10-11(6,7)8/b3-2+. The molecule has 2 nitrogen and oxygen atoms in total. The molecule has 0 aromatic carbocycles. The van der Waals surface area contributed by atoms with Gasteiger partial charge in [0.2, 0.25) is 5.11 Å². The van der Waals surface area contributed by atoms with Crippen LogP contribution in [0.5, 0.6) is 0 Å². The summed E-state index contributed by atoms with van der Waals surface area (Å²) in [7, 11) is 0. The number of rotatable bonds is 1. The summed E-state index contributed by atoms with van der Waals surface area (Å²) in [5.41, 5.74) is 0. The molecule has 0 spiro atoms. The first-order chi connectivity index (χ1) is 4.87. The number of hydrogen-bond acceptors (Lipinski definition) is 2. The average Bonchev–Trinajstić information content (AvgIpc) is 1.82. The Kier molecular flexibility index (Phi) is 5.22. The summed E-state index contributed by atoms with van der Waals surface area (Å²) in [5.74, 6) is 0. The lowest BCUT2D eigenvalue weighted by Crippen LogP contribution is -1.66. The van der Waals surface area contributed by atoms with Crippen molar-refractivity contribution in [1.29, 1.82) is 5.26 Å². The van der Waals surface area contributed by atoms with Gasteiger partial charge in [0.1, 0.15) is 6.07 Å². The van der Waals surface area contributed by atoms with E-state index in [1.54, 1.807) is 6.07 Å². The molecule has 0 aromatic rings. The van der Waals surface area contributed by atoms with Gasteiger partial charge in [-0.15, -0.1) is 0 Å². The molecule has 0 rings (SSSR count). The minimum Gasteiger partial charge on any atom is -0.208 e. The van der Waals surface area contributed by atoms with Crippen molar-refractivity contribution in [3.8, 4) is 6.07 Å². The molecule has 0 aliphatic heterocycles. The van der Waals surface area contributed by atoms with Crippen molar-refractivity contribution in [2.24, 2.45) is 4.74 Å². The Labute approximate surface area is 88.1 Å². The van der Waals surface area contributed by atoms with Crippen LogP contribution in [-0.2, 0) is 0 Å².